The maximum absolute atomic E-state index is 12.2. The minimum atomic E-state index is -0.379. The third-order valence-electron chi connectivity index (χ3n) is 2.64. The van der Waals surface area contributed by atoms with Gasteiger partial charge < -0.3 is 11.1 Å². The monoisotopic (exact) mass is 294 g/mol. The van der Waals surface area contributed by atoms with Crippen molar-refractivity contribution in [1.82, 2.24) is 0 Å². The molecule has 0 unspecified atom stereocenters. The largest absolute Gasteiger partial charge is 0.398 e. The van der Waals surface area contributed by atoms with Crippen LogP contribution >= 0.6 is 23.2 Å². The van der Waals surface area contributed by atoms with Gasteiger partial charge in [-0.2, -0.15) is 0 Å². The molecule has 0 heterocycles. The molecule has 98 valence electrons. The van der Waals surface area contributed by atoms with Gasteiger partial charge in [0.1, 0.15) is 0 Å². The van der Waals surface area contributed by atoms with Gasteiger partial charge in [-0.15, -0.1) is 0 Å². The van der Waals surface area contributed by atoms with E-state index in [0.717, 1.165) is 5.56 Å². The molecule has 2 rings (SSSR count). The third-order valence-corrected chi connectivity index (χ3v) is 3.29. The highest BCUT2D eigenvalue weighted by Crippen LogP contribution is 2.26. The van der Waals surface area contributed by atoms with Gasteiger partial charge in [-0.05, 0) is 36.8 Å². The van der Waals surface area contributed by atoms with Gasteiger partial charge >= 0.3 is 0 Å². The van der Waals surface area contributed by atoms with Crippen molar-refractivity contribution in [1.29, 1.82) is 0 Å². The summed E-state index contributed by atoms with van der Waals surface area (Å²) in [5.41, 5.74) is 7.87. The van der Waals surface area contributed by atoms with Crippen LogP contribution < -0.4 is 11.1 Å². The molecule has 2 aromatic carbocycles. The predicted octanol–water partition coefficient (Wildman–Crippen LogP) is 4.14. The van der Waals surface area contributed by atoms with Crippen LogP contribution in [0.2, 0.25) is 10.0 Å². The van der Waals surface area contributed by atoms with Gasteiger partial charge in [0.2, 0.25) is 0 Å². The molecule has 0 atom stereocenters. The summed E-state index contributed by atoms with van der Waals surface area (Å²) in [7, 11) is 0. The Morgan fingerprint density at radius 2 is 1.89 bits per heavy atom. The molecule has 2 aromatic rings. The molecular weight excluding hydrogens is 283 g/mol. The van der Waals surface area contributed by atoms with E-state index in [1.54, 1.807) is 30.3 Å². The van der Waals surface area contributed by atoms with E-state index in [0.29, 0.717) is 21.4 Å². The number of hydrogen-bond donors (Lipinski definition) is 2. The van der Waals surface area contributed by atoms with E-state index < -0.39 is 0 Å². The van der Waals surface area contributed by atoms with E-state index in [1.165, 1.54) is 0 Å². The first-order chi connectivity index (χ1) is 8.99. The number of nitrogens with two attached hydrogens (primary N) is 1. The molecular formula is C14H12Cl2N2O. The lowest BCUT2D eigenvalue weighted by Crippen LogP contribution is -2.15. The first-order valence-electron chi connectivity index (χ1n) is 5.60. The van der Waals surface area contributed by atoms with Crippen molar-refractivity contribution in [3.63, 3.8) is 0 Å². The maximum Gasteiger partial charge on any atom is 0.259 e. The topological polar surface area (TPSA) is 55.1 Å². The number of carbonyl (C=O) groups excluding carboxylic acids is 1. The summed E-state index contributed by atoms with van der Waals surface area (Å²) in [5.74, 6) is -0.379. The van der Waals surface area contributed by atoms with Gasteiger partial charge in [-0.25, -0.2) is 0 Å². The van der Waals surface area contributed by atoms with Crippen LogP contribution in [0.5, 0.6) is 0 Å². The van der Waals surface area contributed by atoms with Crippen LogP contribution in [-0.4, -0.2) is 5.91 Å². The van der Waals surface area contributed by atoms with Crippen molar-refractivity contribution < 1.29 is 4.79 Å². The van der Waals surface area contributed by atoms with Crippen LogP contribution in [0.15, 0.2) is 36.4 Å². The molecule has 3 nitrogen and oxygen atoms in total. The number of hydrogen-bond acceptors (Lipinski definition) is 2. The second-order valence-corrected chi connectivity index (χ2v) is 4.96. The quantitative estimate of drug-likeness (QED) is 0.818. The molecule has 19 heavy (non-hydrogen) atoms. The fourth-order valence-electron chi connectivity index (χ4n) is 1.70. The summed E-state index contributed by atoms with van der Waals surface area (Å²) in [6, 6.07) is 10.3. The molecule has 5 heteroatoms. The number of nitrogen functional groups attached to an aromatic ring is 1. The fraction of sp³-hybridized carbons (Fsp3) is 0.0714. The van der Waals surface area contributed by atoms with Crippen LogP contribution in [0.25, 0.3) is 0 Å². The average molecular weight is 295 g/mol. The van der Waals surface area contributed by atoms with Crippen molar-refractivity contribution >= 4 is 40.5 Å². The summed E-state index contributed by atoms with van der Waals surface area (Å²) < 4.78 is 0. The normalized spacial score (nSPS) is 10.3. The third kappa shape index (κ3) is 3.00. The zero-order valence-corrected chi connectivity index (χ0v) is 11.7. The number of carbonyl (C=O) groups is 1. The minimum Gasteiger partial charge on any atom is -0.398 e. The van der Waals surface area contributed by atoms with Crippen molar-refractivity contribution in [2.45, 2.75) is 6.92 Å². The van der Waals surface area contributed by atoms with Crippen LogP contribution in [0.4, 0.5) is 11.4 Å². The SMILES string of the molecule is Cc1ccc(Cl)c(NC(=O)c2c(N)cccc2Cl)c1. The molecule has 0 spiro atoms. The van der Waals surface area contributed by atoms with Crippen molar-refractivity contribution in [2.24, 2.45) is 0 Å². The molecule has 0 aromatic heterocycles. The molecule has 0 aliphatic heterocycles. The van der Waals surface area contributed by atoms with Crippen molar-refractivity contribution in [2.75, 3.05) is 11.1 Å². The zero-order valence-electron chi connectivity index (χ0n) is 10.2. The van der Waals surface area contributed by atoms with Crippen LogP contribution in [0, 0.1) is 6.92 Å². The van der Waals surface area contributed by atoms with Gasteiger partial charge in [-0.1, -0.05) is 35.3 Å². The number of halogens is 2. The van der Waals surface area contributed by atoms with Crippen molar-refractivity contribution in [3.05, 3.63) is 57.6 Å². The maximum atomic E-state index is 12.2. The first-order valence-corrected chi connectivity index (χ1v) is 6.36. The molecule has 0 aliphatic rings. The molecule has 0 saturated carbocycles. The smallest absolute Gasteiger partial charge is 0.259 e. The summed E-state index contributed by atoms with van der Waals surface area (Å²) in [6.45, 7) is 1.91. The number of anilines is 2. The van der Waals surface area contributed by atoms with Crippen LogP contribution in [0.1, 0.15) is 15.9 Å². The molecule has 0 radical (unpaired) electrons. The van der Waals surface area contributed by atoms with Gasteiger partial charge in [0.25, 0.3) is 5.91 Å². The number of benzene rings is 2. The van der Waals surface area contributed by atoms with Crippen molar-refractivity contribution in [3.8, 4) is 0 Å². The number of rotatable bonds is 2. The fourth-order valence-corrected chi connectivity index (χ4v) is 2.13. The number of amides is 1. The molecule has 0 fully saturated rings. The lowest BCUT2D eigenvalue weighted by atomic mass is 10.1. The highest BCUT2D eigenvalue weighted by atomic mass is 35.5. The van der Waals surface area contributed by atoms with E-state index in [2.05, 4.69) is 5.32 Å². The summed E-state index contributed by atoms with van der Waals surface area (Å²) >= 11 is 12.0. The highest BCUT2D eigenvalue weighted by Gasteiger charge is 2.15. The van der Waals surface area contributed by atoms with E-state index in [4.69, 9.17) is 28.9 Å². The van der Waals surface area contributed by atoms with E-state index in [-0.39, 0.29) is 11.5 Å². The van der Waals surface area contributed by atoms with Crippen LogP contribution in [0.3, 0.4) is 0 Å². The second-order valence-electron chi connectivity index (χ2n) is 4.14. The Kier molecular flexibility index (Phi) is 3.98. The van der Waals surface area contributed by atoms with E-state index in [9.17, 15) is 4.79 Å². The van der Waals surface area contributed by atoms with E-state index in [1.807, 2.05) is 13.0 Å². The zero-order chi connectivity index (χ0) is 14.0. The Labute approximate surface area is 121 Å². The second kappa shape index (κ2) is 5.51. The van der Waals surface area contributed by atoms with Gasteiger partial charge in [0.15, 0.2) is 0 Å². The predicted molar refractivity (Wildman–Crippen MR) is 80.0 cm³/mol. The Balaban J connectivity index is 2.34. The number of aryl methyl sites for hydroxylation is 1. The molecule has 0 saturated heterocycles. The Morgan fingerprint density at radius 3 is 2.58 bits per heavy atom. The number of nitrogens with one attached hydrogen (secondary N) is 1. The Morgan fingerprint density at radius 1 is 1.16 bits per heavy atom. The molecule has 0 aliphatic carbocycles. The first kappa shape index (κ1) is 13.7. The molecule has 0 bridgehead atoms. The lowest BCUT2D eigenvalue weighted by Gasteiger charge is -2.11. The standard InChI is InChI=1S/C14H12Cl2N2O/c1-8-5-6-9(15)12(7-8)18-14(19)13-10(16)3-2-4-11(13)17/h2-7H,17H2,1H3,(H,18,19). The minimum absolute atomic E-state index is 0.252. The molecule has 3 N–H and O–H groups in total. The summed E-state index contributed by atoms with van der Waals surface area (Å²) in [4.78, 5) is 12.2. The average Bonchev–Trinajstić information content (AvgIpc) is 2.33. The molecule has 1 amide bonds. The lowest BCUT2D eigenvalue weighted by molar-refractivity contribution is 0.102. The van der Waals surface area contributed by atoms with Gasteiger partial charge in [0.05, 0.1) is 21.3 Å². The highest BCUT2D eigenvalue weighted by molar-refractivity contribution is 6.36. The van der Waals surface area contributed by atoms with Gasteiger partial charge in [-0.3, -0.25) is 4.79 Å². The van der Waals surface area contributed by atoms with Crippen LogP contribution in [-0.2, 0) is 0 Å². The Bertz CT molecular complexity index is 621. The summed E-state index contributed by atoms with van der Waals surface area (Å²) in [5, 5.41) is 3.48. The Hall–Kier alpha value is -1.71. The van der Waals surface area contributed by atoms with E-state index >= 15 is 0 Å². The van der Waals surface area contributed by atoms with Gasteiger partial charge in [0, 0.05) is 5.69 Å². The summed E-state index contributed by atoms with van der Waals surface area (Å²) in [6.07, 6.45) is 0.